The van der Waals surface area contributed by atoms with Crippen molar-refractivity contribution in [3.8, 4) is 0 Å². The molecule has 0 aromatic heterocycles. The first-order valence-electron chi connectivity index (χ1n) is 7.83. The molecule has 2 fully saturated rings. The van der Waals surface area contributed by atoms with Crippen molar-refractivity contribution in [3.63, 3.8) is 0 Å². The Morgan fingerprint density at radius 1 is 1.28 bits per heavy atom. The highest BCUT2D eigenvalue weighted by Crippen LogP contribution is 2.31. The molecule has 0 radical (unpaired) electrons. The van der Waals surface area contributed by atoms with E-state index in [9.17, 15) is 5.11 Å². The molecule has 1 aliphatic heterocycles. The molecule has 0 spiro atoms. The van der Waals surface area contributed by atoms with Crippen LogP contribution in [0, 0.1) is 0 Å². The average molecular weight is 255 g/mol. The van der Waals surface area contributed by atoms with Gasteiger partial charge < -0.3 is 9.84 Å². The van der Waals surface area contributed by atoms with Gasteiger partial charge in [0.15, 0.2) is 0 Å². The van der Waals surface area contributed by atoms with E-state index in [1.807, 2.05) is 0 Å². The second-order valence-corrected chi connectivity index (χ2v) is 5.83. The summed E-state index contributed by atoms with van der Waals surface area (Å²) in [5.41, 5.74) is 0. The maximum absolute atomic E-state index is 10.4. The Balaban J connectivity index is 2.03. The molecule has 2 rings (SSSR count). The van der Waals surface area contributed by atoms with Gasteiger partial charge >= 0.3 is 0 Å². The normalized spacial score (nSPS) is 32.8. The summed E-state index contributed by atoms with van der Waals surface area (Å²) in [5.74, 6) is 0. The molecule has 18 heavy (non-hydrogen) atoms. The molecule has 0 amide bonds. The van der Waals surface area contributed by atoms with E-state index in [1.165, 1.54) is 25.7 Å². The lowest BCUT2D eigenvalue weighted by Crippen LogP contribution is -2.58. The van der Waals surface area contributed by atoms with Crippen molar-refractivity contribution in [1.29, 1.82) is 0 Å². The van der Waals surface area contributed by atoms with Crippen molar-refractivity contribution in [2.45, 2.75) is 83.1 Å². The standard InChI is InChI=1S/C15H29NO2/c1-3-7-14(17)12(4-2)16-10-11-18-15-9-6-5-8-13(15)16/h12-15,17H,3-11H2,1-2H3. The Kier molecular flexibility index (Phi) is 5.46. The molecule has 0 aromatic rings. The summed E-state index contributed by atoms with van der Waals surface area (Å²) in [6.45, 7) is 6.20. The van der Waals surface area contributed by atoms with Gasteiger partial charge in [0.2, 0.25) is 0 Å². The minimum Gasteiger partial charge on any atom is -0.391 e. The molecule has 4 atom stereocenters. The molecule has 1 saturated heterocycles. The first-order valence-corrected chi connectivity index (χ1v) is 7.83. The number of morpholine rings is 1. The number of hydrogen-bond donors (Lipinski definition) is 1. The molecule has 3 nitrogen and oxygen atoms in total. The average Bonchev–Trinajstić information content (AvgIpc) is 2.40. The van der Waals surface area contributed by atoms with Gasteiger partial charge in [-0.25, -0.2) is 0 Å². The predicted molar refractivity (Wildman–Crippen MR) is 73.7 cm³/mol. The Bertz CT molecular complexity index is 245. The predicted octanol–water partition coefficient (Wildman–Crippen LogP) is 2.57. The van der Waals surface area contributed by atoms with Crippen LogP contribution in [-0.4, -0.2) is 47.4 Å². The van der Waals surface area contributed by atoms with E-state index in [0.29, 0.717) is 18.2 Å². The Labute approximate surface area is 112 Å². The van der Waals surface area contributed by atoms with Crippen molar-refractivity contribution in [3.05, 3.63) is 0 Å². The lowest BCUT2D eigenvalue weighted by molar-refractivity contribution is -0.119. The van der Waals surface area contributed by atoms with Gasteiger partial charge in [-0.15, -0.1) is 0 Å². The van der Waals surface area contributed by atoms with Gasteiger partial charge in [-0.3, -0.25) is 4.90 Å². The fourth-order valence-electron chi connectivity index (χ4n) is 3.75. The van der Waals surface area contributed by atoms with Gasteiger partial charge in [0.1, 0.15) is 0 Å². The molecular weight excluding hydrogens is 226 g/mol. The van der Waals surface area contributed by atoms with E-state index in [2.05, 4.69) is 18.7 Å². The summed E-state index contributed by atoms with van der Waals surface area (Å²) < 4.78 is 5.92. The first kappa shape index (κ1) is 14.3. The van der Waals surface area contributed by atoms with Crippen LogP contribution < -0.4 is 0 Å². The number of aliphatic hydroxyl groups excluding tert-OH is 1. The largest absolute Gasteiger partial charge is 0.391 e. The van der Waals surface area contributed by atoms with Crippen LogP contribution in [0.3, 0.4) is 0 Å². The zero-order valence-corrected chi connectivity index (χ0v) is 12.0. The lowest BCUT2D eigenvalue weighted by Gasteiger charge is -2.48. The molecule has 1 heterocycles. The number of hydrogen-bond acceptors (Lipinski definition) is 3. The third kappa shape index (κ3) is 3.06. The molecule has 0 aromatic carbocycles. The molecule has 1 aliphatic carbocycles. The van der Waals surface area contributed by atoms with E-state index in [1.54, 1.807) is 0 Å². The van der Waals surface area contributed by atoms with Crippen molar-refractivity contribution in [2.75, 3.05) is 13.2 Å². The molecule has 4 unspecified atom stereocenters. The maximum Gasteiger partial charge on any atom is 0.0731 e. The zero-order chi connectivity index (χ0) is 13.0. The Morgan fingerprint density at radius 2 is 2.06 bits per heavy atom. The van der Waals surface area contributed by atoms with Gasteiger partial charge in [0.05, 0.1) is 18.8 Å². The molecule has 2 aliphatic rings. The van der Waals surface area contributed by atoms with Crippen LogP contribution in [0.25, 0.3) is 0 Å². The summed E-state index contributed by atoms with van der Waals surface area (Å²) in [5, 5.41) is 10.4. The van der Waals surface area contributed by atoms with Crippen LogP contribution in [0.1, 0.15) is 58.8 Å². The summed E-state index contributed by atoms with van der Waals surface area (Å²) in [4.78, 5) is 2.56. The highest BCUT2D eigenvalue weighted by molar-refractivity contribution is 4.92. The van der Waals surface area contributed by atoms with Crippen LogP contribution in [0.2, 0.25) is 0 Å². The van der Waals surface area contributed by atoms with Gasteiger partial charge in [0, 0.05) is 18.6 Å². The van der Waals surface area contributed by atoms with Gasteiger partial charge in [-0.05, 0) is 25.7 Å². The topological polar surface area (TPSA) is 32.7 Å². The van der Waals surface area contributed by atoms with E-state index >= 15 is 0 Å². The fourth-order valence-corrected chi connectivity index (χ4v) is 3.75. The minimum absolute atomic E-state index is 0.166. The van der Waals surface area contributed by atoms with Gasteiger partial charge in [-0.2, -0.15) is 0 Å². The van der Waals surface area contributed by atoms with Crippen molar-refractivity contribution >= 4 is 0 Å². The minimum atomic E-state index is -0.166. The quantitative estimate of drug-likeness (QED) is 0.819. The van der Waals surface area contributed by atoms with Crippen LogP contribution in [0.15, 0.2) is 0 Å². The van der Waals surface area contributed by atoms with E-state index in [-0.39, 0.29) is 6.10 Å². The molecule has 0 bridgehead atoms. The zero-order valence-electron chi connectivity index (χ0n) is 12.0. The Hall–Kier alpha value is -0.120. The van der Waals surface area contributed by atoms with Crippen LogP contribution in [0.4, 0.5) is 0 Å². The monoisotopic (exact) mass is 255 g/mol. The van der Waals surface area contributed by atoms with E-state index < -0.39 is 0 Å². The third-order valence-corrected chi connectivity index (χ3v) is 4.65. The first-order chi connectivity index (χ1) is 8.77. The second-order valence-electron chi connectivity index (χ2n) is 5.83. The van der Waals surface area contributed by atoms with E-state index in [0.717, 1.165) is 32.4 Å². The maximum atomic E-state index is 10.4. The van der Waals surface area contributed by atoms with Gasteiger partial charge in [-0.1, -0.05) is 33.1 Å². The summed E-state index contributed by atoms with van der Waals surface area (Å²) in [6.07, 6.45) is 8.39. The van der Waals surface area contributed by atoms with Crippen molar-refractivity contribution < 1.29 is 9.84 Å². The second kappa shape index (κ2) is 6.88. The molecular formula is C15H29NO2. The lowest BCUT2D eigenvalue weighted by atomic mass is 9.87. The van der Waals surface area contributed by atoms with Crippen LogP contribution >= 0.6 is 0 Å². The SMILES string of the molecule is CCCC(O)C(CC)N1CCOC2CCCCC21. The van der Waals surface area contributed by atoms with Crippen LogP contribution in [0.5, 0.6) is 0 Å². The van der Waals surface area contributed by atoms with Crippen molar-refractivity contribution in [1.82, 2.24) is 4.90 Å². The fraction of sp³-hybridized carbons (Fsp3) is 1.00. The molecule has 106 valence electrons. The molecule has 1 saturated carbocycles. The summed E-state index contributed by atoms with van der Waals surface area (Å²) in [7, 11) is 0. The molecule has 3 heteroatoms. The van der Waals surface area contributed by atoms with E-state index in [4.69, 9.17) is 4.74 Å². The Morgan fingerprint density at radius 3 is 2.78 bits per heavy atom. The van der Waals surface area contributed by atoms with Crippen LogP contribution in [-0.2, 0) is 4.74 Å². The highest BCUT2D eigenvalue weighted by atomic mass is 16.5. The third-order valence-electron chi connectivity index (χ3n) is 4.65. The number of aliphatic hydroxyl groups is 1. The number of fused-ring (bicyclic) bond motifs is 1. The van der Waals surface area contributed by atoms with Crippen molar-refractivity contribution in [2.24, 2.45) is 0 Å². The number of ether oxygens (including phenoxy) is 1. The summed E-state index contributed by atoms with van der Waals surface area (Å²) in [6, 6.07) is 0.892. The molecule has 1 N–H and O–H groups in total. The number of nitrogens with zero attached hydrogens (tertiary/aromatic N) is 1. The number of rotatable bonds is 5. The summed E-state index contributed by atoms with van der Waals surface area (Å²) >= 11 is 0. The van der Waals surface area contributed by atoms with Gasteiger partial charge in [0.25, 0.3) is 0 Å². The highest BCUT2D eigenvalue weighted by Gasteiger charge is 2.38. The smallest absolute Gasteiger partial charge is 0.0731 e.